The fourth-order valence-corrected chi connectivity index (χ4v) is 3.60. The highest BCUT2D eigenvalue weighted by atomic mass is 16.1. The maximum absolute atomic E-state index is 12.3. The fraction of sp³-hybridized carbons (Fsp3) is 0.421. The van der Waals surface area contributed by atoms with Gasteiger partial charge in [0.05, 0.1) is 5.69 Å². The number of aromatic nitrogens is 4. The molecule has 2 saturated carbocycles. The van der Waals surface area contributed by atoms with Crippen LogP contribution in [0.4, 0.5) is 0 Å². The molecule has 24 heavy (non-hydrogen) atoms. The number of H-pyrrole nitrogens is 1. The van der Waals surface area contributed by atoms with E-state index in [0.717, 1.165) is 30.3 Å². The van der Waals surface area contributed by atoms with Gasteiger partial charge in [0.25, 0.3) is 5.56 Å². The van der Waals surface area contributed by atoms with Gasteiger partial charge in [-0.1, -0.05) is 12.1 Å². The summed E-state index contributed by atoms with van der Waals surface area (Å²) in [5.74, 6) is 1.93. The van der Waals surface area contributed by atoms with Crippen LogP contribution in [-0.4, -0.2) is 19.7 Å². The molecule has 122 valence electrons. The van der Waals surface area contributed by atoms with Crippen molar-refractivity contribution in [1.82, 2.24) is 19.7 Å². The Hall–Kier alpha value is -2.43. The van der Waals surface area contributed by atoms with Crippen LogP contribution in [0.1, 0.15) is 60.0 Å². The monoisotopic (exact) mass is 320 g/mol. The van der Waals surface area contributed by atoms with Gasteiger partial charge in [-0.05, 0) is 62.1 Å². The molecule has 1 aromatic carbocycles. The third-order valence-corrected chi connectivity index (χ3v) is 5.16. The fourth-order valence-electron chi connectivity index (χ4n) is 3.60. The highest BCUT2D eigenvalue weighted by Gasteiger charge is 2.27. The number of benzene rings is 1. The highest BCUT2D eigenvalue weighted by molar-refractivity contribution is 5.73. The smallest absolute Gasteiger partial charge is 0.262 e. The summed E-state index contributed by atoms with van der Waals surface area (Å²) in [7, 11) is 0. The third-order valence-electron chi connectivity index (χ3n) is 5.16. The zero-order valence-corrected chi connectivity index (χ0v) is 14.0. The quantitative estimate of drug-likeness (QED) is 0.803. The van der Waals surface area contributed by atoms with Crippen LogP contribution in [0.3, 0.4) is 0 Å². The molecule has 2 aromatic heterocycles. The van der Waals surface area contributed by atoms with E-state index in [1.54, 1.807) is 0 Å². The Bertz CT molecular complexity index is 999. The zero-order valence-electron chi connectivity index (χ0n) is 14.0. The second-order valence-corrected chi connectivity index (χ2v) is 7.31. The minimum absolute atomic E-state index is 0.0851. The normalized spacial score (nSPS) is 17.6. The number of rotatable bonds is 3. The summed E-state index contributed by atoms with van der Waals surface area (Å²) >= 11 is 0. The van der Waals surface area contributed by atoms with Crippen molar-refractivity contribution in [2.24, 2.45) is 0 Å². The lowest BCUT2D eigenvalue weighted by molar-refractivity contribution is 0.862. The minimum atomic E-state index is -0.0851. The molecular formula is C19H20N4O. The van der Waals surface area contributed by atoms with Crippen LogP contribution in [0.5, 0.6) is 0 Å². The average Bonchev–Trinajstić information content (AvgIpc) is 3.43. The van der Waals surface area contributed by atoms with Crippen molar-refractivity contribution in [3.63, 3.8) is 0 Å². The van der Waals surface area contributed by atoms with E-state index in [4.69, 9.17) is 0 Å². The van der Waals surface area contributed by atoms with E-state index in [2.05, 4.69) is 41.0 Å². The predicted molar refractivity (Wildman–Crippen MR) is 92.9 cm³/mol. The second-order valence-electron chi connectivity index (χ2n) is 7.31. The summed E-state index contributed by atoms with van der Waals surface area (Å²) in [4.78, 5) is 19.8. The number of aromatic amines is 1. The van der Waals surface area contributed by atoms with E-state index in [1.807, 2.05) is 10.9 Å². The van der Waals surface area contributed by atoms with Gasteiger partial charge >= 0.3 is 0 Å². The van der Waals surface area contributed by atoms with Gasteiger partial charge < -0.3 is 4.98 Å². The topological polar surface area (TPSA) is 63.6 Å². The summed E-state index contributed by atoms with van der Waals surface area (Å²) in [6.45, 7) is 4.24. The molecule has 5 heteroatoms. The van der Waals surface area contributed by atoms with Crippen molar-refractivity contribution < 1.29 is 0 Å². The van der Waals surface area contributed by atoms with Crippen molar-refractivity contribution in [2.75, 3.05) is 0 Å². The molecule has 2 heterocycles. The van der Waals surface area contributed by atoms with Gasteiger partial charge in [-0.3, -0.25) is 4.79 Å². The first-order valence-corrected chi connectivity index (χ1v) is 8.71. The van der Waals surface area contributed by atoms with Gasteiger partial charge in [0.1, 0.15) is 11.2 Å². The number of aryl methyl sites for hydroxylation is 2. The molecular weight excluding hydrogens is 300 g/mol. The molecule has 5 nitrogen and oxygen atoms in total. The van der Waals surface area contributed by atoms with E-state index in [1.165, 1.54) is 29.5 Å². The van der Waals surface area contributed by atoms with Gasteiger partial charge in [0, 0.05) is 12.1 Å². The van der Waals surface area contributed by atoms with Crippen LogP contribution in [0.25, 0.3) is 16.7 Å². The maximum Gasteiger partial charge on any atom is 0.262 e. The lowest BCUT2D eigenvalue weighted by Gasteiger charge is -2.12. The summed E-state index contributed by atoms with van der Waals surface area (Å²) in [5, 5.41) is 5.17. The molecule has 0 atom stereocenters. The molecule has 3 aromatic rings. The van der Waals surface area contributed by atoms with Crippen LogP contribution in [-0.2, 0) is 0 Å². The van der Waals surface area contributed by atoms with E-state index < -0.39 is 0 Å². The first-order valence-electron chi connectivity index (χ1n) is 8.71. The molecule has 2 fully saturated rings. The molecule has 0 spiro atoms. The highest BCUT2D eigenvalue weighted by Crippen LogP contribution is 2.41. The molecule has 0 saturated heterocycles. The van der Waals surface area contributed by atoms with E-state index in [-0.39, 0.29) is 5.56 Å². The van der Waals surface area contributed by atoms with Crippen LogP contribution in [0.15, 0.2) is 23.1 Å². The SMILES string of the molecule is Cc1cc(C2CC2)cc(C)c1-n1cc2c(=O)[nH]c(C3CC3)nc2n1. The van der Waals surface area contributed by atoms with E-state index in [0.29, 0.717) is 17.0 Å². The third kappa shape index (κ3) is 2.19. The van der Waals surface area contributed by atoms with Gasteiger partial charge in [0.2, 0.25) is 0 Å². The van der Waals surface area contributed by atoms with Crippen molar-refractivity contribution in [3.05, 3.63) is 51.2 Å². The molecule has 0 unspecified atom stereocenters. The summed E-state index contributed by atoms with van der Waals surface area (Å²) in [5.41, 5.74) is 5.35. The van der Waals surface area contributed by atoms with Gasteiger partial charge in [0.15, 0.2) is 5.65 Å². The van der Waals surface area contributed by atoms with Crippen LogP contribution >= 0.6 is 0 Å². The Labute approximate surface area is 139 Å². The Kier molecular flexibility index (Phi) is 2.78. The number of hydrogen-bond acceptors (Lipinski definition) is 3. The van der Waals surface area contributed by atoms with Crippen LogP contribution in [0.2, 0.25) is 0 Å². The van der Waals surface area contributed by atoms with Gasteiger partial charge in [-0.2, -0.15) is 0 Å². The Balaban J connectivity index is 1.66. The number of nitrogens with one attached hydrogen (secondary N) is 1. The largest absolute Gasteiger partial charge is 0.310 e. The maximum atomic E-state index is 12.3. The number of nitrogens with zero attached hydrogens (tertiary/aromatic N) is 3. The number of hydrogen-bond donors (Lipinski definition) is 1. The first-order chi connectivity index (χ1) is 11.6. The van der Waals surface area contributed by atoms with E-state index >= 15 is 0 Å². The molecule has 2 aliphatic rings. The molecule has 5 rings (SSSR count). The van der Waals surface area contributed by atoms with Crippen molar-refractivity contribution in [3.8, 4) is 5.69 Å². The van der Waals surface area contributed by atoms with E-state index in [9.17, 15) is 4.79 Å². The Morgan fingerprint density at radius 3 is 2.38 bits per heavy atom. The van der Waals surface area contributed by atoms with Crippen LogP contribution in [0, 0.1) is 13.8 Å². The van der Waals surface area contributed by atoms with Gasteiger partial charge in [-0.15, -0.1) is 5.10 Å². The minimum Gasteiger partial charge on any atom is -0.310 e. The lowest BCUT2D eigenvalue weighted by Crippen LogP contribution is -2.10. The summed E-state index contributed by atoms with van der Waals surface area (Å²) < 4.78 is 1.82. The number of fused-ring (bicyclic) bond motifs is 1. The second kappa shape index (κ2) is 4.79. The molecule has 0 bridgehead atoms. The Morgan fingerprint density at radius 1 is 1.08 bits per heavy atom. The molecule has 2 aliphatic carbocycles. The van der Waals surface area contributed by atoms with Crippen LogP contribution < -0.4 is 5.56 Å². The first kappa shape index (κ1) is 14.0. The Morgan fingerprint density at radius 2 is 1.75 bits per heavy atom. The van der Waals surface area contributed by atoms with Crippen molar-refractivity contribution in [2.45, 2.75) is 51.4 Å². The molecule has 0 amide bonds. The average molecular weight is 320 g/mol. The molecule has 0 radical (unpaired) electrons. The molecule has 1 N–H and O–H groups in total. The standard InChI is InChI=1S/C19H20N4O/c1-10-7-14(12-3-4-12)8-11(2)16(10)23-9-15-18(22-23)20-17(13-5-6-13)21-19(15)24/h7-9,12-13H,3-6H2,1-2H3,(H,20,21,22,24). The zero-order chi connectivity index (χ0) is 16.4. The van der Waals surface area contributed by atoms with Crippen molar-refractivity contribution >= 4 is 11.0 Å². The summed E-state index contributed by atoms with van der Waals surface area (Å²) in [6.07, 6.45) is 6.62. The van der Waals surface area contributed by atoms with Crippen molar-refractivity contribution in [1.29, 1.82) is 0 Å². The lowest BCUT2D eigenvalue weighted by atomic mass is 10.0. The molecule has 0 aliphatic heterocycles. The summed E-state index contributed by atoms with van der Waals surface area (Å²) in [6, 6.07) is 4.53. The van der Waals surface area contributed by atoms with Gasteiger partial charge in [-0.25, -0.2) is 9.67 Å². The predicted octanol–water partition coefficient (Wildman–Crippen LogP) is 3.48.